The standard InChI is InChI=1S/C22H18N4O3S/c1-13-10-16-6-3-4-9-19(16)25(13)21(27)20-14(2)24-12-18(23-22(24)30-20)15-7-5-8-17(11-15)26(28)29/h3-9,11-13H,10H2,1-2H3/t13-/m0/s1. The summed E-state index contributed by atoms with van der Waals surface area (Å²) in [6, 6.07) is 14.5. The lowest BCUT2D eigenvalue weighted by Crippen LogP contribution is -2.35. The first kappa shape index (κ1) is 18.5. The van der Waals surface area contributed by atoms with Crippen molar-refractivity contribution >= 4 is 33.6 Å². The molecule has 1 aliphatic heterocycles. The summed E-state index contributed by atoms with van der Waals surface area (Å²) in [5.41, 5.74) is 4.32. The van der Waals surface area contributed by atoms with Crippen molar-refractivity contribution in [3.05, 3.63) is 81.0 Å². The number of carbonyl (C=O) groups excluding carboxylic acids is 1. The van der Waals surface area contributed by atoms with Gasteiger partial charge in [0.1, 0.15) is 4.88 Å². The number of hydrogen-bond donors (Lipinski definition) is 0. The third kappa shape index (κ3) is 2.80. The Hall–Kier alpha value is -3.52. The van der Waals surface area contributed by atoms with Gasteiger partial charge >= 0.3 is 0 Å². The zero-order chi connectivity index (χ0) is 21.0. The quantitative estimate of drug-likeness (QED) is 0.351. The molecule has 0 N–H and O–H groups in total. The molecule has 1 atom stereocenters. The van der Waals surface area contributed by atoms with Crippen LogP contribution in [-0.4, -0.2) is 26.3 Å². The molecule has 3 heterocycles. The summed E-state index contributed by atoms with van der Waals surface area (Å²) in [6.07, 6.45) is 2.68. The van der Waals surface area contributed by atoms with Crippen molar-refractivity contribution in [3.63, 3.8) is 0 Å². The average molecular weight is 418 g/mol. The van der Waals surface area contributed by atoms with Gasteiger partial charge in [0, 0.05) is 41.3 Å². The molecule has 1 amide bonds. The number of rotatable bonds is 3. The zero-order valence-corrected chi connectivity index (χ0v) is 17.2. The van der Waals surface area contributed by atoms with Crippen molar-refractivity contribution < 1.29 is 9.72 Å². The van der Waals surface area contributed by atoms with Gasteiger partial charge in [0.2, 0.25) is 0 Å². The average Bonchev–Trinajstić information content (AvgIpc) is 3.39. The maximum absolute atomic E-state index is 13.4. The Kier molecular flexibility index (Phi) is 4.18. The second-order valence-corrected chi connectivity index (χ2v) is 8.44. The number of aryl methyl sites for hydroxylation is 1. The highest BCUT2D eigenvalue weighted by Gasteiger charge is 2.33. The minimum atomic E-state index is -0.418. The van der Waals surface area contributed by atoms with Crippen molar-refractivity contribution in [2.45, 2.75) is 26.3 Å². The molecule has 4 aromatic rings. The second-order valence-electron chi connectivity index (χ2n) is 7.46. The topological polar surface area (TPSA) is 80.8 Å². The number of thiazole rings is 1. The highest BCUT2D eigenvalue weighted by Crippen LogP contribution is 2.36. The molecule has 5 rings (SSSR count). The molecule has 30 heavy (non-hydrogen) atoms. The number of imidazole rings is 1. The molecular weight excluding hydrogens is 400 g/mol. The summed E-state index contributed by atoms with van der Waals surface area (Å²) in [7, 11) is 0. The second kappa shape index (κ2) is 6.77. The third-order valence-corrected chi connectivity index (χ3v) is 6.67. The van der Waals surface area contributed by atoms with E-state index in [1.807, 2.05) is 40.6 Å². The van der Waals surface area contributed by atoms with E-state index in [0.29, 0.717) is 21.1 Å². The van der Waals surface area contributed by atoms with E-state index in [-0.39, 0.29) is 17.6 Å². The van der Waals surface area contributed by atoms with Gasteiger partial charge in [-0.1, -0.05) is 41.7 Å². The first-order valence-electron chi connectivity index (χ1n) is 9.59. The molecule has 0 spiro atoms. The molecule has 1 aliphatic rings. The Balaban J connectivity index is 1.53. The Morgan fingerprint density at radius 3 is 2.80 bits per heavy atom. The van der Waals surface area contributed by atoms with Gasteiger partial charge in [0.15, 0.2) is 4.96 Å². The Morgan fingerprint density at radius 2 is 2.03 bits per heavy atom. The predicted molar refractivity (Wildman–Crippen MR) is 116 cm³/mol. The van der Waals surface area contributed by atoms with Crippen LogP contribution in [0.2, 0.25) is 0 Å². The molecule has 0 bridgehead atoms. The van der Waals surface area contributed by atoms with Gasteiger partial charge in [-0.25, -0.2) is 4.98 Å². The van der Waals surface area contributed by atoms with Crippen molar-refractivity contribution in [2.24, 2.45) is 0 Å². The van der Waals surface area contributed by atoms with Crippen LogP contribution in [0.3, 0.4) is 0 Å². The highest BCUT2D eigenvalue weighted by atomic mass is 32.1. The Labute approximate surface area is 176 Å². The van der Waals surface area contributed by atoms with E-state index >= 15 is 0 Å². The van der Waals surface area contributed by atoms with E-state index in [1.54, 1.807) is 12.1 Å². The number of fused-ring (bicyclic) bond motifs is 2. The maximum atomic E-state index is 13.4. The van der Waals surface area contributed by atoms with Crippen molar-refractivity contribution in [1.82, 2.24) is 9.38 Å². The molecule has 150 valence electrons. The minimum Gasteiger partial charge on any atom is -0.304 e. The van der Waals surface area contributed by atoms with Crippen LogP contribution in [0.15, 0.2) is 54.7 Å². The molecule has 0 radical (unpaired) electrons. The number of anilines is 1. The third-order valence-electron chi connectivity index (χ3n) is 5.53. The molecule has 2 aromatic heterocycles. The van der Waals surface area contributed by atoms with Crippen LogP contribution in [-0.2, 0) is 6.42 Å². The zero-order valence-electron chi connectivity index (χ0n) is 16.4. The van der Waals surface area contributed by atoms with Gasteiger partial charge < -0.3 is 4.90 Å². The van der Waals surface area contributed by atoms with E-state index in [0.717, 1.165) is 17.8 Å². The van der Waals surface area contributed by atoms with Gasteiger partial charge in [-0.2, -0.15) is 0 Å². The van der Waals surface area contributed by atoms with Crippen LogP contribution in [0.5, 0.6) is 0 Å². The molecule has 7 nitrogen and oxygen atoms in total. The van der Waals surface area contributed by atoms with Crippen LogP contribution < -0.4 is 4.90 Å². The number of carbonyl (C=O) groups is 1. The SMILES string of the molecule is Cc1c(C(=O)N2c3ccccc3C[C@@H]2C)sc2nc(-c3cccc([N+](=O)[O-])c3)cn12. The molecule has 0 saturated heterocycles. The van der Waals surface area contributed by atoms with Crippen molar-refractivity contribution in [2.75, 3.05) is 4.90 Å². The number of hydrogen-bond acceptors (Lipinski definition) is 5. The number of para-hydroxylation sites is 1. The fraction of sp³-hybridized carbons (Fsp3) is 0.182. The monoisotopic (exact) mass is 418 g/mol. The lowest BCUT2D eigenvalue weighted by molar-refractivity contribution is -0.384. The lowest BCUT2D eigenvalue weighted by Gasteiger charge is -2.22. The molecule has 2 aromatic carbocycles. The van der Waals surface area contributed by atoms with E-state index in [1.165, 1.54) is 29.0 Å². The fourth-order valence-electron chi connectivity index (χ4n) is 4.05. The summed E-state index contributed by atoms with van der Waals surface area (Å²) in [4.78, 5) is 31.9. The molecule has 0 aliphatic carbocycles. The van der Waals surface area contributed by atoms with Crippen LogP contribution in [0.1, 0.15) is 27.9 Å². The molecule has 8 heteroatoms. The largest absolute Gasteiger partial charge is 0.304 e. The number of non-ortho nitro benzene ring substituents is 1. The predicted octanol–water partition coefficient (Wildman–Crippen LogP) is 4.87. The number of nitro groups is 1. The fourth-order valence-corrected chi connectivity index (χ4v) is 5.10. The number of amides is 1. The summed E-state index contributed by atoms with van der Waals surface area (Å²) in [5.74, 6) is -0.0163. The summed E-state index contributed by atoms with van der Waals surface area (Å²) in [6.45, 7) is 3.97. The molecule has 0 fully saturated rings. The molecule has 0 saturated carbocycles. The van der Waals surface area contributed by atoms with E-state index in [2.05, 4.69) is 18.0 Å². The van der Waals surface area contributed by atoms with Crippen LogP contribution >= 0.6 is 11.3 Å². The Bertz CT molecular complexity index is 1320. The molecule has 0 unspecified atom stereocenters. The lowest BCUT2D eigenvalue weighted by atomic mass is 10.1. The van der Waals surface area contributed by atoms with E-state index in [4.69, 9.17) is 0 Å². The van der Waals surface area contributed by atoms with Gasteiger partial charge in [-0.05, 0) is 31.9 Å². The van der Waals surface area contributed by atoms with Crippen LogP contribution in [0.4, 0.5) is 11.4 Å². The van der Waals surface area contributed by atoms with Crippen LogP contribution in [0.25, 0.3) is 16.2 Å². The van der Waals surface area contributed by atoms with E-state index in [9.17, 15) is 14.9 Å². The summed E-state index contributed by atoms with van der Waals surface area (Å²) < 4.78 is 1.89. The van der Waals surface area contributed by atoms with Crippen molar-refractivity contribution in [3.8, 4) is 11.3 Å². The Morgan fingerprint density at radius 1 is 1.23 bits per heavy atom. The van der Waals surface area contributed by atoms with E-state index < -0.39 is 4.92 Å². The minimum absolute atomic E-state index is 0.0163. The maximum Gasteiger partial charge on any atom is 0.270 e. The number of benzene rings is 2. The van der Waals surface area contributed by atoms with Gasteiger partial charge in [0.05, 0.1) is 10.6 Å². The highest BCUT2D eigenvalue weighted by molar-refractivity contribution is 7.19. The molecular formula is C22H18N4O3S. The van der Waals surface area contributed by atoms with Gasteiger partial charge in [-0.15, -0.1) is 0 Å². The van der Waals surface area contributed by atoms with Gasteiger partial charge in [0.25, 0.3) is 11.6 Å². The summed E-state index contributed by atoms with van der Waals surface area (Å²) in [5, 5.41) is 11.1. The smallest absolute Gasteiger partial charge is 0.270 e. The first-order chi connectivity index (χ1) is 14.4. The first-order valence-corrected chi connectivity index (χ1v) is 10.4. The normalized spacial score (nSPS) is 15.5. The summed E-state index contributed by atoms with van der Waals surface area (Å²) >= 11 is 1.35. The van der Waals surface area contributed by atoms with Crippen LogP contribution in [0, 0.1) is 17.0 Å². The number of nitro benzene ring substituents is 1. The number of aromatic nitrogens is 2. The van der Waals surface area contributed by atoms with Crippen molar-refractivity contribution in [1.29, 1.82) is 0 Å². The number of nitrogens with zero attached hydrogens (tertiary/aromatic N) is 4. The van der Waals surface area contributed by atoms with Gasteiger partial charge in [-0.3, -0.25) is 19.3 Å².